The number of nitrogens with zero attached hydrogens (tertiary/aromatic N) is 2. The van der Waals surface area contributed by atoms with Gasteiger partial charge in [0.1, 0.15) is 0 Å². The van der Waals surface area contributed by atoms with E-state index in [1.54, 1.807) is 4.31 Å². The van der Waals surface area contributed by atoms with Gasteiger partial charge >= 0.3 is 0 Å². The summed E-state index contributed by atoms with van der Waals surface area (Å²) in [5.74, 6) is 0.628. The Morgan fingerprint density at radius 1 is 1.04 bits per heavy atom. The molecule has 3 rings (SSSR count). The number of hydrogen-bond donors (Lipinski definition) is 0. The highest BCUT2D eigenvalue weighted by Crippen LogP contribution is 2.32. The molecule has 0 saturated carbocycles. The number of carbonyl (C=O) groups is 1. The molecule has 0 aromatic rings. The SMILES string of the molecule is CS(=O)(=O)N1CCCC[C@H]2CN(C(=O)C3CCOCC3)CC[C@H]21. The Balaban J connectivity index is 1.68. The van der Waals surface area contributed by atoms with E-state index in [0.29, 0.717) is 32.8 Å². The minimum atomic E-state index is -3.16. The normalized spacial score (nSPS) is 31.4. The van der Waals surface area contributed by atoms with Crippen molar-refractivity contribution in [2.45, 2.75) is 44.6 Å². The van der Waals surface area contributed by atoms with Crippen LogP contribution in [0.1, 0.15) is 38.5 Å². The lowest BCUT2D eigenvalue weighted by Gasteiger charge is -2.42. The third-order valence-corrected chi connectivity index (χ3v) is 6.88. The molecular weight excluding hydrogens is 316 g/mol. The van der Waals surface area contributed by atoms with Gasteiger partial charge in [0.05, 0.1) is 6.26 Å². The molecule has 1 amide bonds. The van der Waals surface area contributed by atoms with E-state index >= 15 is 0 Å². The first-order valence-corrected chi connectivity index (χ1v) is 10.6. The van der Waals surface area contributed by atoms with Crippen molar-refractivity contribution in [2.24, 2.45) is 11.8 Å². The predicted molar refractivity (Wildman–Crippen MR) is 87.4 cm³/mol. The number of hydrogen-bond acceptors (Lipinski definition) is 4. The Hall–Kier alpha value is -0.660. The van der Waals surface area contributed by atoms with Crippen LogP contribution in [-0.4, -0.2) is 68.7 Å². The van der Waals surface area contributed by atoms with Crippen LogP contribution in [0.5, 0.6) is 0 Å². The Kier molecular flexibility index (Phi) is 5.28. The van der Waals surface area contributed by atoms with Crippen molar-refractivity contribution in [3.05, 3.63) is 0 Å². The van der Waals surface area contributed by atoms with E-state index in [9.17, 15) is 13.2 Å². The largest absolute Gasteiger partial charge is 0.381 e. The zero-order chi connectivity index (χ0) is 16.4. The van der Waals surface area contributed by atoms with Gasteiger partial charge in [-0.3, -0.25) is 4.79 Å². The van der Waals surface area contributed by atoms with Crippen molar-refractivity contribution < 1.29 is 17.9 Å². The smallest absolute Gasteiger partial charge is 0.225 e. The summed E-state index contributed by atoms with van der Waals surface area (Å²) in [6, 6.07) is 0.0752. The minimum Gasteiger partial charge on any atom is -0.381 e. The third-order valence-electron chi connectivity index (χ3n) is 5.58. The fourth-order valence-electron chi connectivity index (χ4n) is 4.34. The van der Waals surface area contributed by atoms with Gasteiger partial charge in [0, 0.05) is 44.8 Å². The molecule has 3 heterocycles. The van der Waals surface area contributed by atoms with Crippen molar-refractivity contribution in [3.8, 4) is 0 Å². The number of carbonyl (C=O) groups excluding carboxylic acids is 1. The molecule has 23 heavy (non-hydrogen) atoms. The summed E-state index contributed by atoms with van der Waals surface area (Å²) >= 11 is 0. The summed E-state index contributed by atoms with van der Waals surface area (Å²) in [6.07, 6.45) is 6.72. The summed E-state index contributed by atoms with van der Waals surface area (Å²) in [7, 11) is -3.16. The number of amides is 1. The fourth-order valence-corrected chi connectivity index (χ4v) is 5.57. The molecule has 0 spiro atoms. The number of likely N-dealkylation sites (tertiary alicyclic amines) is 1. The summed E-state index contributed by atoms with van der Waals surface area (Å²) in [4.78, 5) is 14.7. The lowest BCUT2D eigenvalue weighted by molar-refractivity contribution is -0.141. The van der Waals surface area contributed by atoms with Crippen LogP contribution >= 0.6 is 0 Å². The molecule has 3 saturated heterocycles. The monoisotopic (exact) mass is 344 g/mol. The molecule has 132 valence electrons. The number of sulfonamides is 1. The van der Waals surface area contributed by atoms with Gasteiger partial charge in [-0.25, -0.2) is 8.42 Å². The van der Waals surface area contributed by atoms with Crippen molar-refractivity contribution in [1.29, 1.82) is 0 Å². The highest BCUT2D eigenvalue weighted by atomic mass is 32.2. The van der Waals surface area contributed by atoms with Crippen LogP contribution in [0, 0.1) is 11.8 Å². The molecule has 3 fully saturated rings. The quantitative estimate of drug-likeness (QED) is 0.752. The van der Waals surface area contributed by atoms with Crippen LogP contribution in [-0.2, 0) is 19.6 Å². The second-order valence-electron chi connectivity index (χ2n) is 7.16. The molecule has 0 aromatic carbocycles. The maximum Gasteiger partial charge on any atom is 0.225 e. The van der Waals surface area contributed by atoms with Gasteiger partial charge in [-0.1, -0.05) is 6.42 Å². The molecule has 3 aliphatic heterocycles. The van der Waals surface area contributed by atoms with E-state index in [0.717, 1.165) is 38.5 Å². The van der Waals surface area contributed by atoms with Crippen molar-refractivity contribution in [1.82, 2.24) is 9.21 Å². The van der Waals surface area contributed by atoms with E-state index in [2.05, 4.69) is 0 Å². The first-order chi connectivity index (χ1) is 11.0. The predicted octanol–water partition coefficient (Wildman–Crippen LogP) is 1.08. The van der Waals surface area contributed by atoms with Crippen LogP contribution in [0.25, 0.3) is 0 Å². The minimum absolute atomic E-state index is 0.0752. The first kappa shape index (κ1) is 17.2. The number of rotatable bonds is 2. The molecule has 0 bridgehead atoms. The van der Waals surface area contributed by atoms with Crippen LogP contribution < -0.4 is 0 Å². The van der Waals surface area contributed by atoms with Crippen LogP contribution in [0.4, 0.5) is 0 Å². The van der Waals surface area contributed by atoms with E-state index in [4.69, 9.17) is 4.74 Å². The highest BCUT2D eigenvalue weighted by molar-refractivity contribution is 7.88. The van der Waals surface area contributed by atoms with Crippen LogP contribution in [0.3, 0.4) is 0 Å². The second-order valence-corrected chi connectivity index (χ2v) is 9.09. The summed E-state index contributed by atoms with van der Waals surface area (Å²) < 4.78 is 31.2. The molecule has 0 radical (unpaired) electrons. The van der Waals surface area contributed by atoms with Crippen LogP contribution in [0.15, 0.2) is 0 Å². The summed E-state index contributed by atoms with van der Waals surface area (Å²) in [6.45, 7) is 3.39. The Morgan fingerprint density at radius 3 is 2.48 bits per heavy atom. The van der Waals surface area contributed by atoms with Gasteiger partial charge in [0.2, 0.25) is 15.9 Å². The summed E-state index contributed by atoms with van der Waals surface area (Å²) in [5.41, 5.74) is 0. The Morgan fingerprint density at radius 2 is 1.78 bits per heavy atom. The second kappa shape index (κ2) is 7.07. The zero-order valence-corrected chi connectivity index (χ0v) is 14.8. The van der Waals surface area contributed by atoms with E-state index in [-0.39, 0.29) is 23.8 Å². The molecular formula is C16H28N2O4S. The average molecular weight is 344 g/mol. The van der Waals surface area contributed by atoms with E-state index in [1.807, 2.05) is 4.90 Å². The molecule has 0 aromatic heterocycles. The highest BCUT2D eigenvalue weighted by Gasteiger charge is 2.40. The standard InChI is InChI=1S/C16H28N2O4S/c1-23(20,21)18-8-3-2-4-14-12-17(9-5-15(14)18)16(19)13-6-10-22-11-7-13/h13-15H,2-12H2,1H3/t14-,15+/m0/s1. The maximum atomic E-state index is 12.7. The van der Waals surface area contributed by atoms with Gasteiger partial charge in [0.25, 0.3) is 0 Å². The summed E-state index contributed by atoms with van der Waals surface area (Å²) in [5, 5.41) is 0. The Bertz CT molecular complexity index is 530. The molecule has 2 atom stereocenters. The maximum absolute atomic E-state index is 12.7. The van der Waals surface area contributed by atoms with E-state index < -0.39 is 10.0 Å². The van der Waals surface area contributed by atoms with Crippen molar-refractivity contribution in [2.75, 3.05) is 39.1 Å². The molecule has 0 unspecified atom stereocenters. The van der Waals surface area contributed by atoms with E-state index in [1.165, 1.54) is 6.26 Å². The molecule has 6 nitrogen and oxygen atoms in total. The number of fused-ring (bicyclic) bond motifs is 1. The van der Waals surface area contributed by atoms with Crippen molar-refractivity contribution >= 4 is 15.9 Å². The topological polar surface area (TPSA) is 66.9 Å². The van der Waals surface area contributed by atoms with Gasteiger partial charge in [-0.05, 0) is 38.0 Å². The van der Waals surface area contributed by atoms with Gasteiger partial charge in [-0.15, -0.1) is 0 Å². The molecule has 0 N–H and O–H groups in total. The number of ether oxygens (including phenoxy) is 1. The zero-order valence-electron chi connectivity index (χ0n) is 13.9. The lowest BCUT2D eigenvalue weighted by atomic mass is 9.88. The number of piperidine rings is 1. The van der Waals surface area contributed by atoms with Crippen molar-refractivity contribution in [3.63, 3.8) is 0 Å². The third kappa shape index (κ3) is 3.88. The molecule has 3 aliphatic rings. The first-order valence-electron chi connectivity index (χ1n) is 8.80. The molecule has 7 heteroatoms. The lowest BCUT2D eigenvalue weighted by Crippen LogP contribution is -2.54. The van der Waals surface area contributed by atoms with Gasteiger partial charge < -0.3 is 9.64 Å². The Labute approximate surface area is 139 Å². The van der Waals surface area contributed by atoms with Gasteiger partial charge in [-0.2, -0.15) is 4.31 Å². The average Bonchev–Trinajstić information content (AvgIpc) is 2.76. The molecule has 0 aliphatic carbocycles. The van der Waals surface area contributed by atoms with Crippen LogP contribution in [0.2, 0.25) is 0 Å². The fraction of sp³-hybridized carbons (Fsp3) is 0.938. The van der Waals surface area contributed by atoms with Gasteiger partial charge in [0.15, 0.2) is 0 Å².